The van der Waals surface area contributed by atoms with Crippen molar-refractivity contribution in [3.05, 3.63) is 82.3 Å². The van der Waals surface area contributed by atoms with Crippen LogP contribution in [0, 0.1) is 0 Å². The summed E-state index contributed by atoms with van der Waals surface area (Å²) < 4.78 is 22.2. The van der Waals surface area contributed by atoms with Gasteiger partial charge < -0.3 is 29.3 Å². The zero-order chi connectivity index (χ0) is 30.9. The van der Waals surface area contributed by atoms with Gasteiger partial charge in [0, 0.05) is 37.0 Å². The van der Waals surface area contributed by atoms with E-state index in [-0.39, 0.29) is 6.61 Å². The summed E-state index contributed by atoms with van der Waals surface area (Å²) in [5, 5.41) is 6.68. The third kappa shape index (κ3) is 5.78. The van der Waals surface area contributed by atoms with E-state index in [0.717, 1.165) is 25.2 Å². The molecular weight excluding hydrogens is 620 g/mol. The van der Waals surface area contributed by atoms with Crippen molar-refractivity contribution in [3.63, 3.8) is 0 Å². The lowest BCUT2D eigenvalue weighted by Gasteiger charge is -2.27. The molecule has 3 amide bonds. The van der Waals surface area contributed by atoms with Crippen molar-refractivity contribution in [3.8, 4) is 11.5 Å². The molecule has 2 aliphatic heterocycles. The number of aromatic nitrogens is 2. The highest BCUT2D eigenvalue weighted by Crippen LogP contribution is 2.45. The van der Waals surface area contributed by atoms with Crippen LogP contribution in [0.3, 0.4) is 0 Å². The summed E-state index contributed by atoms with van der Waals surface area (Å²) in [5.41, 5.74) is 2.39. The van der Waals surface area contributed by atoms with Gasteiger partial charge in [0.1, 0.15) is 39.9 Å². The van der Waals surface area contributed by atoms with Crippen LogP contribution in [-0.2, 0) is 17.9 Å². The number of nitrogens with one attached hydrogen (secondary N) is 2. The second kappa shape index (κ2) is 12.4. The lowest BCUT2D eigenvalue weighted by atomic mass is 10.1. The molecule has 0 saturated carbocycles. The number of amides is 3. The van der Waals surface area contributed by atoms with Crippen molar-refractivity contribution in [2.24, 2.45) is 0 Å². The van der Waals surface area contributed by atoms with Crippen molar-refractivity contribution >= 4 is 68.0 Å². The summed E-state index contributed by atoms with van der Waals surface area (Å²) in [4.78, 5) is 40.4. The van der Waals surface area contributed by atoms with Gasteiger partial charge in [-0.25, -0.2) is 19.7 Å². The molecule has 2 aromatic carbocycles. The van der Waals surface area contributed by atoms with Crippen LogP contribution in [0.25, 0.3) is 10.2 Å². The highest BCUT2D eigenvalue weighted by molar-refractivity contribution is 7.21. The number of methoxy groups -OCH3 is 1. The molecule has 45 heavy (non-hydrogen) atoms. The molecule has 0 aliphatic carbocycles. The number of hydrogen-bond donors (Lipinski definition) is 2. The topological polar surface area (TPSA) is 131 Å². The second-order valence-corrected chi connectivity index (χ2v) is 11.7. The summed E-state index contributed by atoms with van der Waals surface area (Å²) in [6.45, 7) is 4.04. The van der Waals surface area contributed by atoms with E-state index >= 15 is 0 Å². The number of carbonyl (C=O) groups excluding carboxylic acids is 2. The first-order chi connectivity index (χ1) is 22.0. The van der Waals surface area contributed by atoms with Crippen LogP contribution in [0.15, 0.2) is 65.5 Å². The average molecular weight is 647 g/mol. The van der Waals surface area contributed by atoms with Crippen molar-refractivity contribution in [1.29, 1.82) is 0 Å². The minimum absolute atomic E-state index is 0.206. The number of morpholine rings is 1. The van der Waals surface area contributed by atoms with Crippen LogP contribution in [0.4, 0.5) is 27.7 Å². The molecule has 7 rings (SSSR count). The predicted octanol–water partition coefficient (Wildman–Crippen LogP) is 6.29. The predicted molar refractivity (Wildman–Crippen MR) is 170 cm³/mol. The number of halogens is 1. The van der Waals surface area contributed by atoms with Crippen LogP contribution in [0.1, 0.15) is 21.0 Å². The Morgan fingerprint density at radius 2 is 2.00 bits per heavy atom. The van der Waals surface area contributed by atoms with E-state index in [0.29, 0.717) is 73.5 Å². The zero-order valence-corrected chi connectivity index (χ0v) is 25.6. The number of rotatable bonds is 9. The van der Waals surface area contributed by atoms with Gasteiger partial charge in [0.25, 0.3) is 5.91 Å². The van der Waals surface area contributed by atoms with Gasteiger partial charge >= 0.3 is 6.03 Å². The van der Waals surface area contributed by atoms with Crippen LogP contribution >= 0.6 is 22.9 Å². The minimum Gasteiger partial charge on any atom is -0.496 e. The standard InChI is InChI=1S/C31H27ClN6O6S/c1-41-24-13-19(5-4-18(24)15-37-8-11-42-12-9-37)35-29(39)27-26-25-28(33-17-34-30(25)45-27)38(31(40)36-26)20-6-7-23(22(32)14-20)44-16-21-3-2-10-43-21/h2-7,10,13-14,17H,8-9,11-12,15-16H2,1H3,(H,35,39)(H,36,40). The Bertz CT molecular complexity index is 1890. The molecule has 5 heterocycles. The summed E-state index contributed by atoms with van der Waals surface area (Å²) in [6, 6.07) is 13.7. The van der Waals surface area contributed by atoms with Gasteiger partial charge in [-0.05, 0) is 36.4 Å². The van der Waals surface area contributed by atoms with Crippen LogP contribution in [0.5, 0.6) is 11.5 Å². The average Bonchev–Trinajstić information content (AvgIpc) is 3.71. The number of anilines is 4. The fraction of sp³-hybridized carbons (Fsp3) is 0.226. The molecule has 230 valence electrons. The zero-order valence-electron chi connectivity index (χ0n) is 24.0. The Kier molecular flexibility index (Phi) is 7.98. The van der Waals surface area contributed by atoms with E-state index in [2.05, 4.69) is 25.5 Å². The molecular formula is C31H27ClN6O6S. The van der Waals surface area contributed by atoms with Gasteiger partial charge in [-0.1, -0.05) is 17.7 Å². The molecule has 1 fully saturated rings. The number of nitrogens with zero attached hydrogens (tertiary/aromatic N) is 4. The van der Waals surface area contributed by atoms with Gasteiger partial charge in [0.2, 0.25) is 0 Å². The van der Waals surface area contributed by atoms with E-state index < -0.39 is 11.9 Å². The summed E-state index contributed by atoms with van der Waals surface area (Å²) in [5.74, 6) is 1.70. The third-order valence-corrected chi connectivity index (χ3v) is 8.88. The van der Waals surface area contributed by atoms with E-state index in [4.69, 9.17) is 30.2 Å². The number of benzene rings is 2. The fourth-order valence-electron chi connectivity index (χ4n) is 5.30. The van der Waals surface area contributed by atoms with Gasteiger partial charge in [-0.15, -0.1) is 11.3 Å². The SMILES string of the molecule is COc1cc(NC(=O)c2sc3ncnc4c3c2NC(=O)N4c2ccc(OCc3ccco3)c(Cl)c2)ccc1CN1CCOCC1. The van der Waals surface area contributed by atoms with Gasteiger partial charge in [-0.2, -0.15) is 0 Å². The Hall–Kier alpha value is -4.69. The molecule has 1 saturated heterocycles. The quantitative estimate of drug-likeness (QED) is 0.190. The molecule has 2 N–H and O–H groups in total. The smallest absolute Gasteiger partial charge is 0.332 e. The highest BCUT2D eigenvalue weighted by atomic mass is 35.5. The molecule has 0 bridgehead atoms. The first-order valence-electron chi connectivity index (χ1n) is 14.1. The lowest BCUT2D eigenvalue weighted by Crippen LogP contribution is -2.35. The van der Waals surface area contributed by atoms with E-state index in [9.17, 15) is 9.59 Å². The first kappa shape index (κ1) is 29.0. The van der Waals surface area contributed by atoms with E-state index in [1.807, 2.05) is 12.1 Å². The number of ether oxygens (including phenoxy) is 3. The molecule has 0 unspecified atom stereocenters. The van der Waals surface area contributed by atoms with Crippen molar-refractivity contribution < 1.29 is 28.2 Å². The number of carbonyl (C=O) groups is 2. The summed E-state index contributed by atoms with van der Waals surface area (Å²) in [6.07, 6.45) is 2.93. The molecule has 5 aromatic rings. The van der Waals surface area contributed by atoms with Gasteiger partial charge in [0.05, 0.1) is 48.4 Å². The van der Waals surface area contributed by atoms with Crippen LogP contribution < -0.4 is 25.0 Å². The van der Waals surface area contributed by atoms with Crippen LogP contribution in [0.2, 0.25) is 5.02 Å². The monoisotopic (exact) mass is 646 g/mol. The van der Waals surface area contributed by atoms with Crippen molar-refractivity contribution in [2.45, 2.75) is 13.2 Å². The van der Waals surface area contributed by atoms with Crippen LogP contribution in [-0.4, -0.2) is 60.2 Å². The number of hydrogen-bond acceptors (Lipinski definition) is 10. The summed E-state index contributed by atoms with van der Waals surface area (Å²) >= 11 is 7.70. The molecule has 12 nitrogen and oxygen atoms in total. The summed E-state index contributed by atoms with van der Waals surface area (Å²) in [7, 11) is 1.61. The number of furan rings is 1. The van der Waals surface area contributed by atoms with Crippen molar-refractivity contribution in [2.75, 3.05) is 48.9 Å². The molecule has 0 radical (unpaired) electrons. The maximum atomic E-state index is 13.6. The minimum atomic E-state index is -0.496. The Morgan fingerprint density at radius 1 is 1.13 bits per heavy atom. The normalized spacial score (nSPS) is 14.8. The Balaban J connectivity index is 1.13. The number of urea groups is 1. The van der Waals surface area contributed by atoms with E-state index in [1.54, 1.807) is 49.8 Å². The molecule has 0 atom stereocenters. The second-order valence-electron chi connectivity index (χ2n) is 10.3. The number of thiophene rings is 1. The largest absolute Gasteiger partial charge is 0.496 e. The molecule has 0 spiro atoms. The van der Waals surface area contributed by atoms with Crippen molar-refractivity contribution in [1.82, 2.24) is 14.9 Å². The van der Waals surface area contributed by atoms with E-state index in [1.165, 1.54) is 22.6 Å². The van der Waals surface area contributed by atoms with Gasteiger partial charge in [0.15, 0.2) is 5.82 Å². The van der Waals surface area contributed by atoms with Gasteiger partial charge in [-0.3, -0.25) is 9.69 Å². The Morgan fingerprint density at radius 3 is 2.78 bits per heavy atom. The molecule has 14 heteroatoms. The molecule has 3 aromatic heterocycles. The lowest BCUT2D eigenvalue weighted by molar-refractivity contribution is 0.0339. The fourth-order valence-corrected chi connectivity index (χ4v) is 6.51. The third-order valence-electron chi connectivity index (χ3n) is 7.49. The first-order valence-corrected chi connectivity index (χ1v) is 15.3. The Labute approximate surface area is 266 Å². The maximum absolute atomic E-state index is 13.6. The maximum Gasteiger partial charge on any atom is 0.332 e. The highest BCUT2D eigenvalue weighted by Gasteiger charge is 2.34. The molecule has 2 aliphatic rings.